The molecule has 0 amide bonds. The first-order valence-electron chi connectivity index (χ1n) is 10.5. The first-order chi connectivity index (χ1) is 15.4. The maximum absolute atomic E-state index is 12.8. The summed E-state index contributed by atoms with van der Waals surface area (Å²) in [6, 6.07) is 20.4. The third-order valence-electron chi connectivity index (χ3n) is 5.40. The third-order valence-corrected chi connectivity index (χ3v) is 7.36. The number of nitrogens with one attached hydrogen (secondary N) is 1. The Labute approximate surface area is 195 Å². The number of hydrogen-bond donors (Lipinski definition) is 1. The zero-order valence-electron chi connectivity index (χ0n) is 17.9. The van der Waals surface area contributed by atoms with Crippen LogP contribution in [0.3, 0.4) is 0 Å². The van der Waals surface area contributed by atoms with Crippen molar-refractivity contribution in [1.29, 1.82) is 5.26 Å². The summed E-state index contributed by atoms with van der Waals surface area (Å²) in [6.07, 6.45) is 5.27. The Bertz CT molecular complexity index is 1180. The minimum atomic E-state index is -3.66. The van der Waals surface area contributed by atoms with Crippen LogP contribution in [-0.4, -0.2) is 25.3 Å². The summed E-state index contributed by atoms with van der Waals surface area (Å²) in [5, 5.41) is 8.55. The second kappa shape index (κ2) is 11.2. The molecule has 0 aliphatic rings. The van der Waals surface area contributed by atoms with Crippen LogP contribution in [0.2, 0.25) is 0 Å². The van der Waals surface area contributed by atoms with E-state index in [9.17, 15) is 8.42 Å². The number of rotatable bonds is 10. The van der Waals surface area contributed by atoms with Gasteiger partial charge in [0.2, 0.25) is 10.0 Å². The van der Waals surface area contributed by atoms with E-state index in [1.54, 1.807) is 36.5 Å². The van der Waals surface area contributed by atoms with Gasteiger partial charge in [0.25, 0.3) is 0 Å². The molecule has 2 unspecified atom stereocenters. The van der Waals surface area contributed by atoms with E-state index in [1.807, 2.05) is 37.4 Å². The Morgan fingerprint density at radius 2 is 1.91 bits per heavy atom. The smallest absolute Gasteiger partial charge is 0.240 e. The van der Waals surface area contributed by atoms with Crippen molar-refractivity contribution < 1.29 is 8.42 Å². The number of alkyl halides is 1. The van der Waals surface area contributed by atoms with Gasteiger partial charge in [-0.3, -0.25) is 4.98 Å². The van der Waals surface area contributed by atoms with Gasteiger partial charge >= 0.3 is 0 Å². The van der Waals surface area contributed by atoms with Gasteiger partial charge in [-0.15, -0.1) is 11.6 Å². The molecular formula is C25H26ClN3O2S. The molecule has 2 atom stereocenters. The van der Waals surface area contributed by atoms with Crippen molar-refractivity contribution in [2.45, 2.75) is 42.4 Å². The number of halogens is 1. The van der Waals surface area contributed by atoms with Crippen LogP contribution in [0, 0.1) is 18.3 Å². The number of aryl methyl sites for hydroxylation is 1. The molecule has 1 N–H and O–H groups in total. The van der Waals surface area contributed by atoms with E-state index in [1.165, 1.54) is 0 Å². The highest BCUT2D eigenvalue weighted by molar-refractivity contribution is 7.89. The molecule has 2 aromatic carbocycles. The van der Waals surface area contributed by atoms with Crippen LogP contribution in [0.5, 0.6) is 0 Å². The Morgan fingerprint density at radius 3 is 2.62 bits per heavy atom. The lowest BCUT2D eigenvalue weighted by atomic mass is 9.90. The number of nitrogens with zero attached hydrogens (tertiary/aromatic N) is 2. The standard InChI is InChI=1S/C25H26ClN3O2S/c1-19-17-28-15-13-23(19)20-8-7-9-21(16-20)24(25(26)12-5-6-14-27)18-29-32(30,31)22-10-3-2-4-11-22/h2-4,7-11,13,15-17,24-25,29H,5-6,12,18H2,1H3. The van der Waals surface area contributed by atoms with Crippen molar-refractivity contribution in [2.24, 2.45) is 0 Å². The van der Waals surface area contributed by atoms with Crippen LogP contribution < -0.4 is 4.72 Å². The zero-order valence-corrected chi connectivity index (χ0v) is 19.5. The SMILES string of the molecule is Cc1cnccc1-c1cccc(C(CNS(=O)(=O)c2ccccc2)C(Cl)CCCC#N)c1. The number of pyridine rings is 1. The molecule has 3 rings (SSSR count). The number of hydrogen-bond acceptors (Lipinski definition) is 4. The molecule has 7 heteroatoms. The van der Waals surface area contributed by atoms with Gasteiger partial charge in [-0.1, -0.05) is 42.5 Å². The van der Waals surface area contributed by atoms with Gasteiger partial charge in [0, 0.05) is 36.7 Å². The Kier molecular flexibility index (Phi) is 8.40. The van der Waals surface area contributed by atoms with Gasteiger partial charge in [0.1, 0.15) is 0 Å². The third kappa shape index (κ3) is 6.17. The summed E-state index contributed by atoms with van der Waals surface area (Å²) in [5.74, 6) is -0.254. The fourth-order valence-electron chi connectivity index (χ4n) is 3.65. The van der Waals surface area contributed by atoms with Crippen LogP contribution >= 0.6 is 11.6 Å². The lowest BCUT2D eigenvalue weighted by Gasteiger charge is -2.24. The first kappa shape index (κ1) is 23.9. The number of nitriles is 1. The van der Waals surface area contributed by atoms with E-state index in [4.69, 9.17) is 16.9 Å². The molecule has 0 aliphatic heterocycles. The van der Waals surface area contributed by atoms with Gasteiger partial charge in [-0.2, -0.15) is 5.26 Å². The maximum Gasteiger partial charge on any atom is 0.240 e. The minimum absolute atomic E-state index is 0.163. The molecule has 5 nitrogen and oxygen atoms in total. The highest BCUT2D eigenvalue weighted by Gasteiger charge is 2.24. The lowest BCUT2D eigenvalue weighted by Crippen LogP contribution is -2.32. The average molecular weight is 468 g/mol. The van der Waals surface area contributed by atoms with E-state index < -0.39 is 10.0 Å². The molecule has 0 bridgehead atoms. The molecule has 1 aromatic heterocycles. The predicted octanol–water partition coefficient (Wildman–Crippen LogP) is 5.42. The fraction of sp³-hybridized carbons (Fsp3) is 0.280. The number of sulfonamides is 1. The predicted molar refractivity (Wildman–Crippen MR) is 128 cm³/mol. The Balaban J connectivity index is 1.89. The largest absolute Gasteiger partial charge is 0.264 e. The topological polar surface area (TPSA) is 82.8 Å². The molecule has 3 aromatic rings. The summed E-state index contributed by atoms with van der Waals surface area (Å²) in [4.78, 5) is 4.38. The van der Waals surface area contributed by atoms with Crippen LogP contribution in [0.25, 0.3) is 11.1 Å². The van der Waals surface area contributed by atoms with E-state index in [0.29, 0.717) is 19.3 Å². The molecule has 0 fully saturated rings. The monoisotopic (exact) mass is 467 g/mol. The minimum Gasteiger partial charge on any atom is -0.264 e. The summed E-state index contributed by atoms with van der Waals surface area (Å²) < 4.78 is 28.3. The molecule has 0 spiro atoms. The quantitative estimate of drug-likeness (QED) is 0.318. The molecule has 0 saturated carbocycles. The van der Waals surface area contributed by atoms with E-state index in [2.05, 4.69) is 21.8 Å². The lowest BCUT2D eigenvalue weighted by molar-refractivity contribution is 0.547. The molecule has 32 heavy (non-hydrogen) atoms. The van der Waals surface area contributed by atoms with Gasteiger partial charge in [-0.25, -0.2) is 13.1 Å². The Morgan fingerprint density at radius 1 is 1.12 bits per heavy atom. The van der Waals surface area contributed by atoms with Crippen LogP contribution in [0.1, 0.15) is 36.3 Å². The van der Waals surface area contributed by atoms with Crippen LogP contribution in [0.15, 0.2) is 78.0 Å². The molecule has 0 aliphatic carbocycles. The van der Waals surface area contributed by atoms with Gasteiger partial charge in [0.05, 0.1) is 11.0 Å². The van der Waals surface area contributed by atoms with Crippen LogP contribution in [0.4, 0.5) is 0 Å². The number of aromatic nitrogens is 1. The molecule has 0 radical (unpaired) electrons. The van der Waals surface area contributed by atoms with Gasteiger partial charge in [0.15, 0.2) is 0 Å². The summed E-state index contributed by atoms with van der Waals surface area (Å²) >= 11 is 6.77. The van der Waals surface area contributed by atoms with Crippen LogP contribution in [-0.2, 0) is 10.0 Å². The Hall–Kier alpha value is -2.72. The second-order valence-corrected chi connectivity index (χ2v) is 9.98. The maximum atomic E-state index is 12.8. The van der Waals surface area contributed by atoms with E-state index in [-0.39, 0.29) is 22.7 Å². The summed E-state index contributed by atoms with van der Waals surface area (Å²) in [6.45, 7) is 2.17. The molecule has 1 heterocycles. The van der Waals surface area contributed by atoms with Crippen molar-refractivity contribution in [3.8, 4) is 17.2 Å². The van der Waals surface area contributed by atoms with Crippen molar-refractivity contribution in [3.05, 3.63) is 84.2 Å². The molecule has 0 saturated heterocycles. The van der Waals surface area contributed by atoms with Crippen molar-refractivity contribution >= 4 is 21.6 Å². The highest BCUT2D eigenvalue weighted by atomic mass is 35.5. The average Bonchev–Trinajstić information content (AvgIpc) is 2.80. The van der Waals surface area contributed by atoms with E-state index >= 15 is 0 Å². The normalized spacial score (nSPS) is 13.3. The van der Waals surface area contributed by atoms with Crippen molar-refractivity contribution in [2.75, 3.05) is 6.54 Å². The van der Waals surface area contributed by atoms with Crippen molar-refractivity contribution in [1.82, 2.24) is 9.71 Å². The fourth-order valence-corrected chi connectivity index (χ4v) is 5.12. The second-order valence-electron chi connectivity index (χ2n) is 7.65. The summed E-state index contributed by atoms with van der Waals surface area (Å²) in [5.41, 5.74) is 4.11. The summed E-state index contributed by atoms with van der Waals surface area (Å²) in [7, 11) is -3.66. The van der Waals surface area contributed by atoms with Gasteiger partial charge < -0.3 is 0 Å². The number of benzene rings is 2. The highest BCUT2D eigenvalue weighted by Crippen LogP contribution is 2.31. The van der Waals surface area contributed by atoms with E-state index in [0.717, 1.165) is 22.3 Å². The van der Waals surface area contributed by atoms with Gasteiger partial charge in [-0.05, 0) is 60.2 Å². The number of unbranched alkanes of at least 4 members (excludes halogenated alkanes) is 1. The zero-order chi connectivity index (χ0) is 23.0. The molecular weight excluding hydrogens is 442 g/mol. The first-order valence-corrected chi connectivity index (χ1v) is 12.4. The molecule has 166 valence electrons. The van der Waals surface area contributed by atoms with Crippen molar-refractivity contribution in [3.63, 3.8) is 0 Å².